The van der Waals surface area contributed by atoms with Gasteiger partial charge in [-0.25, -0.2) is 0 Å². The second-order valence-corrected chi connectivity index (χ2v) is 6.08. The fourth-order valence-electron chi connectivity index (χ4n) is 2.49. The molecule has 0 aliphatic heterocycles. The van der Waals surface area contributed by atoms with Crippen LogP contribution in [0.3, 0.4) is 0 Å². The van der Waals surface area contributed by atoms with E-state index in [0.717, 1.165) is 0 Å². The molecular formula is C22H24. The fourth-order valence-corrected chi connectivity index (χ4v) is 2.49. The van der Waals surface area contributed by atoms with Crippen LogP contribution >= 0.6 is 0 Å². The van der Waals surface area contributed by atoms with Gasteiger partial charge in [-0.05, 0) is 22.3 Å². The number of allylic oxidation sites excluding steroid dienone is 6. The van der Waals surface area contributed by atoms with E-state index in [2.05, 4.69) is 92.8 Å². The Kier molecular flexibility index (Phi) is 4.82. The van der Waals surface area contributed by atoms with Crippen molar-refractivity contribution < 1.29 is 0 Å². The maximum Gasteiger partial charge on any atom is 0.00109 e. The largest absolute Gasteiger partial charge is 0.0776 e. The van der Waals surface area contributed by atoms with Crippen LogP contribution in [-0.2, 0) is 0 Å². The molecule has 0 N–H and O–H groups in total. The molecule has 0 unspecified atom stereocenters. The molecule has 0 spiro atoms. The molecule has 0 fully saturated rings. The molecule has 0 saturated carbocycles. The van der Waals surface area contributed by atoms with Crippen LogP contribution in [0.1, 0.15) is 26.8 Å². The summed E-state index contributed by atoms with van der Waals surface area (Å²) in [6.07, 6.45) is 11.0. The zero-order valence-electron chi connectivity index (χ0n) is 12.6. The minimum atomic E-state index is 0. The maximum atomic E-state index is 2.26. The monoisotopic (exact) mass is 288 g/mol. The zero-order valence-corrected chi connectivity index (χ0v) is 12.6. The van der Waals surface area contributed by atoms with Crippen molar-refractivity contribution >= 4 is 5.57 Å². The molecule has 0 heterocycles. The lowest BCUT2D eigenvalue weighted by Crippen LogP contribution is -2.00. The van der Waals surface area contributed by atoms with E-state index >= 15 is 0 Å². The Morgan fingerprint density at radius 2 is 1.27 bits per heavy atom. The Morgan fingerprint density at radius 1 is 0.682 bits per heavy atom. The van der Waals surface area contributed by atoms with E-state index in [0.29, 0.717) is 0 Å². The third-order valence-corrected chi connectivity index (χ3v) is 3.82. The van der Waals surface area contributed by atoms with Crippen LogP contribution in [-0.4, -0.2) is 0 Å². The van der Waals surface area contributed by atoms with Crippen molar-refractivity contribution in [2.75, 3.05) is 0 Å². The molecule has 2 aromatic rings. The fraction of sp³-hybridized carbons (Fsp3) is 0.182. The van der Waals surface area contributed by atoms with Gasteiger partial charge >= 0.3 is 0 Å². The Bertz CT molecular complexity index is 695. The summed E-state index contributed by atoms with van der Waals surface area (Å²) in [6, 6.07) is 19.3. The van der Waals surface area contributed by atoms with Crippen LogP contribution in [0.25, 0.3) is 16.7 Å². The van der Waals surface area contributed by atoms with Crippen molar-refractivity contribution in [1.82, 2.24) is 0 Å². The predicted octanol–water partition coefficient (Wildman–Crippen LogP) is 6.53. The molecule has 0 heteroatoms. The van der Waals surface area contributed by atoms with Crippen LogP contribution < -0.4 is 0 Å². The molecule has 0 bridgehead atoms. The average molecular weight is 288 g/mol. The molecular weight excluding hydrogens is 264 g/mol. The highest BCUT2D eigenvalue weighted by molar-refractivity contribution is 5.77. The highest BCUT2D eigenvalue weighted by atomic mass is 14.2. The lowest BCUT2D eigenvalue weighted by atomic mass is 9.92. The second-order valence-electron chi connectivity index (χ2n) is 6.08. The van der Waals surface area contributed by atoms with Crippen LogP contribution in [0.2, 0.25) is 0 Å². The van der Waals surface area contributed by atoms with Crippen molar-refractivity contribution in [3.63, 3.8) is 0 Å². The molecule has 112 valence electrons. The molecule has 0 aromatic heterocycles. The van der Waals surface area contributed by atoms with E-state index in [1.807, 2.05) is 6.07 Å². The third kappa shape index (κ3) is 3.65. The van der Waals surface area contributed by atoms with Gasteiger partial charge in [-0.15, -0.1) is 0 Å². The molecule has 3 rings (SSSR count). The second kappa shape index (κ2) is 6.62. The van der Waals surface area contributed by atoms with E-state index in [-0.39, 0.29) is 12.8 Å². The summed E-state index contributed by atoms with van der Waals surface area (Å²) in [6.45, 7) is 4.44. The van der Waals surface area contributed by atoms with E-state index in [1.165, 1.54) is 22.3 Å². The summed E-state index contributed by atoms with van der Waals surface area (Å²) in [4.78, 5) is 0. The standard InChI is InChI=1S/C21H20.CH4/c1-21(2)15-6-9-18(14-16-21)20-12-10-19(11-13-20)17-7-4-3-5-8-17;/h3-16H,1-2H3;1H4. The van der Waals surface area contributed by atoms with Crippen molar-refractivity contribution in [3.05, 3.63) is 90.5 Å². The van der Waals surface area contributed by atoms with Crippen LogP contribution in [0, 0.1) is 5.41 Å². The first kappa shape index (κ1) is 16.0. The Hall–Kier alpha value is -2.34. The van der Waals surface area contributed by atoms with Gasteiger partial charge < -0.3 is 0 Å². The van der Waals surface area contributed by atoms with Crippen LogP contribution in [0.5, 0.6) is 0 Å². The molecule has 22 heavy (non-hydrogen) atoms. The zero-order chi connectivity index (χ0) is 14.7. The van der Waals surface area contributed by atoms with Gasteiger partial charge in [-0.3, -0.25) is 0 Å². The minimum absolute atomic E-state index is 0. The van der Waals surface area contributed by atoms with Crippen molar-refractivity contribution in [1.29, 1.82) is 0 Å². The van der Waals surface area contributed by atoms with Gasteiger partial charge in [0.15, 0.2) is 0 Å². The lowest BCUT2D eigenvalue weighted by molar-refractivity contribution is 0.627. The molecule has 1 aliphatic rings. The first-order valence-corrected chi connectivity index (χ1v) is 7.39. The van der Waals surface area contributed by atoms with Crippen LogP contribution in [0.4, 0.5) is 0 Å². The number of benzene rings is 2. The highest BCUT2D eigenvalue weighted by Crippen LogP contribution is 2.28. The predicted molar refractivity (Wildman–Crippen MR) is 98.6 cm³/mol. The maximum absolute atomic E-state index is 2.26. The number of hydrogen-bond donors (Lipinski definition) is 0. The molecule has 1 aliphatic carbocycles. The normalized spacial score (nSPS) is 15.6. The molecule has 0 atom stereocenters. The van der Waals surface area contributed by atoms with Gasteiger partial charge in [0, 0.05) is 5.41 Å². The Balaban J connectivity index is 0.00000176. The van der Waals surface area contributed by atoms with E-state index in [9.17, 15) is 0 Å². The van der Waals surface area contributed by atoms with Crippen molar-refractivity contribution in [2.24, 2.45) is 5.41 Å². The summed E-state index contributed by atoms with van der Waals surface area (Å²) in [7, 11) is 0. The lowest BCUT2D eigenvalue weighted by Gasteiger charge is -2.12. The molecule has 0 radical (unpaired) electrons. The Labute approximate surface area is 134 Å². The first-order chi connectivity index (χ1) is 10.1. The first-order valence-electron chi connectivity index (χ1n) is 7.39. The summed E-state index contributed by atoms with van der Waals surface area (Å²) >= 11 is 0. The molecule has 0 amide bonds. The number of rotatable bonds is 2. The highest BCUT2D eigenvalue weighted by Gasteiger charge is 2.11. The van der Waals surface area contributed by atoms with Gasteiger partial charge in [0.1, 0.15) is 0 Å². The SMILES string of the molecule is C.CC1(C)C=CC=C(c2ccc(-c3ccccc3)cc2)C=C1. The van der Waals surface area contributed by atoms with E-state index < -0.39 is 0 Å². The van der Waals surface area contributed by atoms with Gasteiger partial charge in [-0.1, -0.05) is 106 Å². The van der Waals surface area contributed by atoms with E-state index in [4.69, 9.17) is 0 Å². The van der Waals surface area contributed by atoms with Crippen molar-refractivity contribution in [3.8, 4) is 11.1 Å². The molecule has 0 saturated heterocycles. The van der Waals surface area contributed by atoms with E-state index in [1.54, 1.807) is 0 Å². The third-order valence-electron chi connectivity index (χ3n) is 3.82. The average Bonchev–Trinajstić information content (AvgIpc) is 2.69. The van der Waals surface area contributed by atoms with Crippen molar-refractivity contribution in [2.45, 2.75) is 21.3 Å². The van der Waals surface area contributed by atoms with Gasteiger partial charge in [-0.2, -0.15) is 0 Å². The smallest absolute Gasteiger partial charge is 0.00109 e. The van der Waals surface area contributed by atoms with Gasteiger partial charge in [0.25, 0.3) is 0 Å². The summed E-state index contributed by atoms with van der Waals surface area (Å²) in [5, 5.41) is 0. The van der Waals surface area contributed by atoms with Crippen LogP contribution in [0.15, 0.2) is 85.0 Å². The molecule has 2 aromatic carbocycles. The van der Waals surface area contributed by atoms with Gasteiger partial charge in [0.2, 0.25) is 0 Å². The number of hydrogen-bond acceptors (Lipinski definition) is 0. The topological polar surface area (TPSA) is 0 Å². The molecule has 0 nitrogen and oxygen atoms in total. The Morgan fingerprint density at radius 3 is 1.95 bits per heavy atom. The summed E-state index contributed by atoms with van der Waals surface area (Å²) in [5.41, 5.74) is 5.16. The summed E-state index contributed by atoms with van der Waals surface area (Å²) < 4.78 is 0. The quantitative estimate of drug-likeness (QED) is 0.589. The van der Waals surface area contributed by atoms with Gasteiger partial charge in [0.05, 0.1) is 0 Å². The minimum Gasteiger partial charge on any atom is -0.0776 e. The summed E-state index contributed by atoms with van der Waals surface area (Å²) in [5.74, 6) is 0.